The van der Waals surface area contributed by atoms with Crippen LogP contribution in [0.5, 0.6) is 0 Å². The maximum absolute atomic E-state index is 13.6. The smallest absolute Gasteiger partial charge is 0.191 e. The lowest BCUT2D eigenvalue weighted by atomic mass is 10.2. The van der Waals surface area contributed by atoms with Crippen molar-refractivity contribution in [3.05, 3.63) is 34.1 Å². The van der Waals surface area contributed by atoms with Gasteiger partial charge < -0.3 is 10.6 Å². The molecular weight excluding hydrogens is 297 g/mol. The predicted octanol–water partition coefficient (Wildman–Crippen LogP) is 2.66. The molecule has 1 aliphatic rings. The molecule has 0 heterocycles. The average molecular weight is 314 g/mol. The molecule has 3 nitrogen and oxygen atoms in total. The van der Waals surface area contributed by atoms with Crippen molar-refractivity contribution >= 4 is 21.9 Å². The standard InChI is InChI=1S/C13H17BrFN3/c1-8-5-12(8)18-13(16-2)17-7-9-3-4-10(14)6-11(9)15/h3-4,6,8,12H,5,7H2,1-2H3,(H2,16,17,18). The highest BCUT2D eigenvalue weighted by Gasteiger charge is 2.33. The van der Waals surface area contributed by atoms with Crippen LogP contribution in [-0.4, -0.2) is 19.0 Å². The van der Waals surface area contributed by atoms with E-state index in [2.05, 4.69) is 38.5 Å². The van der Waals surface area contributed by atoms with Crippen molar-refractivity contribution < 1.29 is 4.39 Å². The highest BCUT2D eigenvalue weighted by atomic mass is 79.9. The Bertz CT molecular complexity index is 462. The van der Waals surface area contributed by atoms with Crippen LogP contribution in [0.1, 0.15) is 18.9 Å². The number of nitrogens with one attached hydrogen (secondary N) is 2. The third-order valence-corrected chi connectivity index (χ3v) is 3.61. The van der Waals surface area contributed by atoms with E-state index in [9.17, 15) is 4.39 Å². The number of benzene rings is 1. The van der Waals surface area contributed by atoms with Crippen LogP contribution in [0, 0.1) is 11.7 Å². The molecule has 0 saturated heterocycles. The van der Waals surface area contributed by atoms with Crippen molar-refractivity contribution in [2.24, 2.45) is 10.9 Å². The zero-order chi connectivity index (χ0) is 13.1. The quantitative estimate of drug-likeness (QED) is 0.665. The monoisotopic (exact) mass is 313 g/mol. The molecular formula is C13H17BrFN3. The molecule has 2 unspecified atom stereocenters. The van der Waals surface area contributed by atoms with Crippen LogP contribution in [-0.2, 0) is 6.54 Å². The van der Waals surface area contributed by atoms with Crippen molar-refractivity contribution in [1.82, 2.24) is 10.6 Å². The fourth-order valence-electron chi connectivity index (χ4n) is 1.74. The topological polar surface area (TPSA) is 36.4 Å². The van der Waals surface area contributed by atoms with Gasteiger partial charge in [-0.05, 0) is 24.5 Å². The van der Waals surface area contributed by atoms with E-state index in [1.807, 2.05) is 6.07 Å². The number of hydrogen-bond donors (Lipinski definition) is 2. The van der Waals surface area contributed by atoms with Crippen LogP contribution in [0.15, 0.2) is 27.7 Å². The second kappa shape index (κ2) is 5.69. The fourth-order valence-corrected chi connectivity index (χ4v) is 2.07. The molecule has 2 rings (SSSR count). The van der Waals surface area contributed by atoms with Crippen molar-refractivity contribution in [3.8, 4) is 0 Å². The van der Waals surface area contributed by atoms with E-state index in [0.717, 1.165) is 10.4 Å². The van der Waals surface area contributed by atoms with Gasteiger partial charge in [0, 0.05) is 29.7 Å². The van der Waals surface area contributed by atoms with E-state index in [4.69, 9.17) is 0 Å². The molecule has 98 valence electrons. The molecule has 1 aromatic carbocycles. The molecule has 2 N–H and O–H groups in total. The predicted molar refractivity (Wildman–Crippen MR) is 75.0 cm³/mol. The minimum atomic E-state index is -0.216. The van der Waals surface area contributed by atoms with Gasteiger partial charge >= 0.3 is 0 Å². The van der Waals surface area contributed by atoms with Crippen LogP contribution in [0.4, 0.5) is 4.39 Å². The molecule has 0 spiro atoms. The zero-order valence-corrected chi connectivity index (χ0v) is 12.1. The fraction of sp³-hybridized carbons (Fsp3) is 0.462. The lowest BCUT2D eigenvalue weighted by molar-refractivity contribution is 0.603. The second-order valence-electron chi connectivity index (χ2n) is 4.63. The van der Waals surface area contributed by atoms with E-state index >= 15 is 0 Å². The number of hydrogen-bond acceptors (Lipinski definition) is 1. The lowest BCUT2D eigenvalue weighted by Gasteiger charge is -2.12. The first-order valence-corrected chi connectivity index (χ1v) is 6.80. The summed E-state index contributed by atoms with van der Waals surface area (Å²) in [5, 5.41) is 6.42. The first kappa shape index (κ1) is 13.3. The van der Waals surface area contributed by atoms with E-state index in [0.29, 0.717) is 24.1 Å². The maximum atomic E-state index is 13.6. The average Bonchev–Trinajstić information content (AvgIpc) is 3.02. The highest BCUT2D eigenvalue weighted by Crippen LogP contribution is 2.28. The molecule has 1 aliphatic carbocycles. The number of aliphatic imine (C=N–C) groups is 1. The van der Waals surface area contributed by atoms with E-state index in [1.54, 1.807) is 13.1 Å². The highest BCUT2D eigenvalue weighted by molar-refractivity contribution is 9.10. The number of rotatable bonds is 3. The molecule has 0 radical (unpaired) electrons. The third kappa shape index (κ3) is 3.45. The molecule has 0 aromatic heterocycles. The van der Waals surface area contributed by atoms with Crippen molar-refractivity contribution in [1.29, 1.82) is 0 Å². The van der Waals surface area contributed by atoms with Crippen LogP contribution >= 0.6 is 15.9 Å². The zero-order valence-electron chi connectivity index (χ0n) is 10.5. The Labute approximate surface area is 115 Å². The van der Waals surface area contributed by atoms with Gasteiger partial charge in [-0.1, -0.05) is 28.9 Å². The molecule has 0 aliphatic heterocycles. The Balaban J connectivity index is 1.89. The first-order valence-electron chi connectivity index (χ1n) is 6.01. The molecule has 2 atom stereocenters. The minimum Gasteiger partial charge on any atom is -0.353 e. The summed E-state index contributed by atoms with van der Waals surface area (Å²) >= 11 is 3.24. The van der Waals surface area contributed by atoms with E-state index < -0.39 is 0 Å². The van der Waals surface area contributed by atoms with E-state index in [1.165, 1.54) is 12.5 Å². The van der Waals surface area contributed by atoms with Gasteiger partial charge in [0.1, 0.15) is 5.82 Å². The second-order valence-corrected chi connectivity index (χ2v) is 5.54. The summed E-state index contributed by atoms with van der Waals surface area (Å²) < 4.78 is 14.4. The summed E-state index contributed by atoms with van der Waals surface area (Å²) in [5.41, 5.74) is 0.630. The number of halogens is 2. The number of guanidine groups is 1. The molecule has 1 fully saturated rings. The van der Waals surface area contributed by atoms with Crippen molar-refractivity contribution in [2.75, 3.05) is 7.05 Å². The normalized spacial score (nSPS) is 22.8. The van der Waals surface area contributed by atoms with Crippen LogP contribution in [0.2, 0.25) is 0 Å². The maximum Gasteiger partial charge on any atom is 0.191 e. The van der Waals surface area contributed by atoms with Gasteiger partial charge in [0.25, 0.3) is 0 Å². The number of nitrogens with zero attached hydrogens (tertiary/aromatic N) is 1. The molecule has 18 heavy (non-hydrogen) atoms. The van der Waals surface area contributed by atoms with Gasteiger partial charge in [-0.25, -0.2) is 4.39 Å². The minimum absolute atomic E-state index is 0.216. The van der Waals surface area contributed by atoms with Gasteiger partial charge in [0.15, 0.2) is 5.96 Å². The van der Waals surface area contributed by atoms with E-state index in [-0.39, 0.29) is 5.82 Å². The van der Waals surface area contributed by atoms with Gasteiger partial charge in [0.05, 0.1) is 0 Å². The van der Waals surface area contributed by atoms with Gasteiger partial charge in [-0.2, -0.15) is 0 Å². The Morgan fingerprint density at radius 1 is 1.56 bits per heavy atom. The summed E-state index contributed by atoms with van der Waals surface area (Å²) in [4.78, 5) is 4.13. The van der Waals surface area contributed by atoms with Crippen molar-refractivity contribution in [2.45, 2.75) is 25.9 Å². The van der Waals surface area contributed by atoms with Gasteiger partial charge in [-0.3, -0.25) is 4.99 Å². The summed E-state index contributed by atoms with van der Waals surface area (Å²) in [7, 11) is 1.72. The van der Waals surface area contributed by atoms with Gasteiger partial charge in [0.2, 0.25) is 0 Å². The van der Waals surface area contributed by atoms with Crippen LogP contribution in [0.3, 0.4) is 0 Å². The van der Waals surface area contributed by atoms with Gasteiger partial charge in [-0.15, -0.1) is 0 Å². The molecule has 0 amide bonds. The summed E-state index contributed by atoms with van der Waals surface area (Å²) in [5.74, 6) is 1.21. The molecule has 5 heteroatoms. The Hall–Kier alpha value is -1.10. The Kier molecular flexibility index (Phi) is 4.22. The summed E-state index contributed by atoms with van der Waals surface area (Å²) in [6, 6.07) is 5.57. The Morgan fingerprint density at radius 2 is 2.28 bits per heavy atom. The van der Waals surface area contributed by atoms with Crippen LogP contribution in [0.25, 0.3) is 0 Å². The first-order chi connectivity index (χ1) is 8.60. The third-order valence-electron chi connectivity index (χ3n) is 3.12. The lowest BCUT2D eigenvalue weighted by Crippen LogP contribution is -2.38. The largest absolute Gasteiger partial charge is 0.353 e. The Morgan fingerprint density at radius 3 is 2.83 bits per heavy atom. The molecule has 0 bridgehead atoms. The summed E-state index contributed by atoms with van der Waals surface area (Å²) in [6.07, 6.45) is 1.17. The SMILES string of the molecule is CN=C(NCc1ccc(Br)cc1F)NC1CC1C. The molecule has 1 aromatic rings. The van der Waals surface area contributed by atoms with Crippen LogP contribution < -0.4 is 10.6 Å². The molecule has 1 saturated carbocycles. The summed E-state index contributed by atoms with van der Waals surface area (Å²) in [6.45, 7) is 2.62. The van der Waals surface area contributed by atoms with Crippen molar-refractivity contribution in [3.63, 3.8) is 0 Å².